The predicted octanol–water partition coefficient (Wildman–Crippen LogP) is 11.8. The number of amides is 1. The summed E-state index contributed by atoms with van der Waals surface area (Å²) in [6, 6.07) is -0.820. The number of carbonyl (C=O) groups is 2. The van der Waals surface area contributed by atoms with E-state index in [1.165, 1.54) is 135 Å². The molecule has 1 amide bonds. The smallest absolute Gasteiger partial charge is 0.305 e. The normalized spacial score (nSPS) is 19.8. The standard InChI is InChI=1S/C55H103NO10/c1-3-5-7-9-11-13-21-25-29-33-37-41-48(58)47(46-65-55-54(63)53(62)52(61)49(45-57)66-55)56-50(59)42-38-34-30-26-23-19-17-15-16-18-20-24-28-32-36-40-44-64-51(60)43-39-35-31-27-22-14-12-10-8-6-4-2/h15,17,37,41,47-49,52-55,57-58,61-63H,3-14,16,18-36,38-40,42-46H2,1-2H3,(H,56,59)/b17-15-,41-37+. The molecule has 388 valence electrons. The van der Waals surface area contributed by atoms with Crippen molar-refractivity contribution < 1.29 is 49.3 Å². The van der Waals surface area contributed by atoms with E-state index in [1.807, 2.05) is 6.08 Å². The summed E-state index contributed by atoms with van der Waals surface area (Å²) >= 11 is 0. The molecule has 7 unspecified atom stereocenters. The molecule has 0 aliphatic carbocycles. The molecule has 1 aliphatic heterocycles. The first-order valence-corrected chi connectivity index (χ1v) is 27.6. The minimum absolute atomic E-state index is 0.0214. The van der Waals surface area contributed by atoms with E-state index in [2.05, 4.69) is 31.3 Å². The van der Waals surface area contributed by atoms with Crippen LogP contribution in [0.25, 0.3) is 0 Å². The molecule has 6 N–H and O–H groups in total. The Kier molecular flexibility index (Phi) is 42.9. The second kappa shape index (κ2) is 45.6. The van der Waals surface area contributed by atoms with Crippen LogP contribution in [0.4, 0.5) is 0 Å². The zero-order chi connectivity index (χ0) is 48.1. The summed E-state index contributed by atoms with van der Waals surface area (Å²) in [4.78, 5) is 25.0. The van der Waals surface area contributed by atoms with E-state index in [0.29, 0.717) is 19.4 Å². The summed E-state index contributed by atoms with van der Waals surface area (Å²) in [5.41, 5.74) is 0. The highest BCUT2D eigenvalue weighted by Crippen LogP contribution is 2.23. The van der Waals surface area contributed by atoms with Crippen LogP contribution in [0.3, 0.4) is 0 Å². The third-order valence-electron chi connectivity index (χ3n) is 13.1. The van der Waals surface area contributed by atoms with Crippen LogP contribution in [0.15, 0.2) is 24.3 Å². The van der Waals surface area contributed by atoms with Crippen LogP contribution < -0.4 is 5.32 Å². The summed E-state index contributed by atoms with van der Waals surface area (Å²) in [5, 5.41) is 54.2. The van der Waals surface area contributed by atoms with Gasteiger partial charge < -0.3 is 45.1 Å². The van der Waals surface area contributed by atoms with Gasteiger partial charge in [-0.15, -0.1) is 0 Å². The van der Waals surface area contributed by atoms with Crippen molar-refractivity contribution in [2.45, 2.75) is 294 Å². The van der Waals surface area contributed by atoms with Crippen molar-refractivity contribution in [3.8, 4) is 0 Å². The van der Waals surface area contributed by atoms with Crippen LogP contribution >= 0.6 is 0 Å². The first-order valence-electron chi connectivity index (χ1n) is 27.6. The van der Waals surface area contributed by atoms with Gasteiger partial charge in [0.05, 0.1) is 32.0 Å². The molecule has 7 atom stereocenters. The maximum atomic E-state index is 13.0. The highest BCUT2D eigenvalue weighted by molar-refractivity contribution is 5.76. The summed E-state index contributed by atoms with van der Waals surface area (Å²) in [7, 11) is 0. The average Bonchev–Trinajstić information content (AvgIpc) is 3.31. The van der Waals surface area contributed by atoms with E-state index in [-0.39, 0.29) is 18.5 Å². The van der Waals surface area contributed by atoms with Crippen molar-refractivity contribution in [3.63, 3.8) is 0 Å². The monoisotopic (exact) mass is 938 g/mol. The molecule has 11 heteroatoms. The Morgan fingerprint density at radius 3 is 1.45 bits per heavy atom. The SMILES string of the molecule is CCCCCCCCCCC/C=C/C(O)C(COC1OC(CO)C(O)C(O)C1O)NC(=O)CCCCCCC/C=C\CCCCCCCCCOC(=O)CCCCCCCCCCCCC. The van der Waals surface area contributed by atoms with E-state index in [4.69, 9.17) is 14.2 Å². The first-order chi connectivity index (χ1) is 32.2. The average molecular weight is 938 g/mol. The highest BCUT2D eigenvalue weighted by Gasteiger charge is 2.44. The Morgan fingerprint density at radius 1 is 0.545 bits per heavy atom. The lowest BCUT2D eigenvalue weighted by Gasteiger charge is -2.40. The second-order valence-corrected chi connectivity index (χ2v) is 19.3. The van der Waals surface area contributed by atoms with Crippen LogP contribution in [-0.2, 0) is 23.8 Å². The summed E-state index contributed by atoms with van der Waals surface area (Å²) < 4.78 is 16.7. The van der Waals surface area contributed by atoms with Crippen LogP contribution in [-0.4, -0.2) is 100 Å². The molecule has 0 bridgehead atoms. The Labute approximate surface area is 403 Å². The lowest BCUT2D eigenvalue weighted by molar-refractivity contribution is -0.302. The number of ether oxygens (including phenoxy) is 3. The summed E-state index contributed by atoms with van der Waals surface area (Å²) in [6.07, 6.45) is 42.6. The molecule has 0 aromatic carbocycles. The molecular formula is C55H103NO10. The van der Waals surface area contributed by atoms with E-state index in [9.17, 15) is 35.1 Å². The molecule has 1 fully saturated rings. The van der Waals surface area contributed by atoms with Crippen molar-refractivity contribution in [2.75, 3.05) is 19.8 Å². The summed E-state index contributed by atoms with van der Waals surface area (Å²) in [6.45, 7) is 4.29. The van der Waals surface area contributed by atoms with Gasteiger partial charge in [0.2, 0.25) is 5.91 Å². The van der Waals surface area contributed by atoms with Gasteiger partial charge in [-0.05, 0) is 57.8 Å². The predicted molar refractivity (Wildman–Crippen MR) is 269 cm³/mol. The molecule has 1 rings (SSSR count). The molecule has 1 heterocycles. The molecular weight excluding hydrogens is 835 g/mol. The van der Waals surface area contributed by atoms with Crippen LogP contribution in [0.2, 0.25) is 0 Å². The Bertz CT molecular complexity index is 1150. The topological polar surface area (TPSA) is 175 Å². The number of hydrogen-bond donors (Lipinski definition) is 6. The zero-order valence-electron chi connectivity index (χ0n) is 42.4. The third-order valence-corrected chi connectivity index (χ3v) is 13.1. The Hall–Kier alpha value is -1.86. The van der Waals surface area contributed by atoms with Crippen molar-refractivity contribution in [2.24, 2.45) is 0 Å². The van der Waals surface area contributed by atoms with Gasteiger partial charge in [-0.3, -0.25) is 9.59 Å². The number of carbonyl (C=O) groups excluding carboxylic acids is 2. The van der Waals surface area contributed by atoms with Crippen LogP contribution in [0, 0.1) is 0 Å². The summed E-state index contributed by atoms with van der Waals surface area (Å²) in [5.74, 6) is -0.221. The highest BCUT2D eigenvalue weighted by atomic mass is 16.7. The maximum absolute atomic E-state index is 13.0. The molecule has 0 aromatic heterocycles. The molecule has 0 saturated carbocycles. The largest absolute Gasteiger partial charge is 0.466 e. The van der Waals surface area contributed by atoms with Gasteiger partial charge in [0.1, 0.15) is 24.4 Å². The molecule has 11 nitrogen and oxygen atoms in total. The van der Waals surface area contributed by atoms with Gasteiger partial charge in [-0.1, -0.05) is 205 Å². The van der Waals surface area contributed by atoms with Gasteiger partial charge in [0.25, 0.3) is 0 Å². The van der Waals surface area contributed by atoms with E-state index in [1.54, 1.807) is 6.08 Å². The van der Waals surface area contributed by atoms with E-state index < -0.39 is 49.5 Å². The Morgan fingerprint density at radius 2 is 0.970 bits per heavy atom. The van der Waals surface area contributed by atoms with Gasteiger partial charge in [0.15, 0.2) is 6.29 Å². The van der Waals surface area contributed by atoms with Crippen LogP contribution in [0.5, 0.6) is 0 Å². The van der Waals surface area contributed by atoms with Crippen molar-refractivity contribution in [1.82, 2.24) is 5.32 Å². The third kappa shape index (κ3) is 35.3. The molecule has 1 saturated heterocycles. The van der Waals surface area contributed by atoms with Gasteiger partial charge in [-0.2, -0.15) is 0 Å². The van der Waals surface area contributed by atoms with Gasteiger partial charge in [-0.25, -0.2) is 0 Å². The fourth-order valence-electron chi connectivity index (χ4n) is 8.60. The number of hydrogen-bond acceptors (Lipinski definition) is 10. The fraction of sp³-hybridized carbons (Fsp3) is 0.891. The molecule has 0 radical (unpaired) electrons. The number of unbranched alkanes of at least 4 members (excludes halogenated alkanes) is 31. The fourth-order valence-corrected chi connectivity index (χ4v) is 8.60. The molecule has 1 aliphatic rings. The molecule has 0 spiro atoms. The number of aliphatic hydroxyl groups is 5. The van der Waals surface area contributed by atoms with Crippen molar-refractivity contribution in [3.05, 3.63) is 24.3 Å². The number of rotatable bonds is 47. The van der Waals surface area contributed by atoms with Gasteiger partial charge in [0, 0.05) is 12.8 Å². The Balaban J connectivity index is 2.14. The number of nitrogens with one attached hydrogen (secondary N) is 1. The molecule has 66 heavy (non-hydrogen) atoms. The van der Waals surface area contributed by atoms with Crippen LogP contribution in [0.1, 0.15) is 251 Å². The van der Waals surface area contributed by atoms with Gasteiger partial charge >= 0.3 is 5.97 Å². The van der Waals surface area contributed by atoms with Crippen molar-refractivity contribution >= 4 is 11.9 Å². The number of esters is 1. The molecule has 0 aromatic rings. The lowest BCUT2D eigenvalue weighted by Crippen LogP contribution is -2.60. The van der Waals surface area contributed by atoms with E-state index in [0.717, 1.165) is 89.9 Å². The quantitative estimate of drug-likeness (QED) is 0.0196. The minimum atomic E-state index is -1.58. The maximum Gasteiger partial charge on any atom is 0.305 e. The van der Waals surface area contributed by atoms with E-state index >= 15 is 0 Å². The minimum Gasteiger partial charge on any atom is -0.466 e. The number of aliphatic hydroxyl groups excluding tert-OH is 5. The second-order valence-electron chi connectivity index (χ2n) is 19.3. The van der Waals surface area contributed by atoms with Crippen molar-refractivity contribution in [1.29, 1.82) is 0 Å². The number of allylic oxidation sites excluding steroid dienone is 3. The first kappa shape index (κ1) is 62.2. The lowest BCUT2D eigenvalue weighted by atomic mass is 9.99. The zero-order valence-corrected chi connectivity index (χ0v) is 42.4.